The molecule has 0 aliphatic heterocycles. The second kappa shape index (κ2) is 6.21. The van der Waals surface area contributed by atoms with Crippen molar-refractivity contribution >= 4 is 10.8 Å². The standard InChI is InChI=1S/C23H18O/c1-24-21-14-13-17-11-12-19(15-20(17)16-21)23-10-6-5-9-22(23)18-7-3-2-4-8-18/h2-16H,1H3. The molecule has 116 valence electrons. The van der Waals surface area contributed by atoms with Crippen molar-refractivity contribution in [1.29, 1.82) is 0 Å². The van der Waals surface area contributed by atoms with Crippen LogP contribution in [0, 0.1) is 0 Å². The van der Waals surface area contributed by atoms with Crippen LogP contribution >= 0.6 is 0 Å². The molecule has 0 amide bonds. The molecule has 0 heterocycles. The molecular weight excluding hydrogens is 292 g/mol. The third-order valence-electron chi connectivity index (χ3n) is 4.37. The van der Waals surface area contributed by atoms with E-state index in [2.05, 4.69) is 84.9 Å². The van der Waals surface area contributed by atoms with E-state index in [0.717, 1.165) is 5.75 Å². The Hall–Kier alpha value is -3.06. The lowest BCUT2D eigenvalue weighted by Gasteiger charge is -2.11. The van der Waals surface area contributed by atoms with Gasteiger partial charge in [-0.2, -0.15) is 0 Å². The van der Waals surface area contributed by atoms with Crippen LogP contribution in [0.15, 0.2) is 91.0 Å². The monoisotopic (exact) mass is 310 g/mol. The summed E-state index contributed by atoms with van der Waals surface area (Å²) in [6.07, 6.45) is 0. The molecule has 0 aliphatic rings. The summed E-state index contributed by atoms with van der Waals surface area (Å²) in [6, 6.07) is 31.9. The van der Waals surface area contributed by atoms with Crippen molar-refractivity contribution in [1.82, 2.24) is 0 Å². The van der Waals surface area contributed by atoms with Crippen LogP contribution in [0.25, 0.3) is 33.0 Å². The first kappa shape index (κ1) is 14.5. The normalized spacial score (nSPS) is 10.7. The SMILES string of the molecule is COc1ccc2ccc(-c3ccccc3-c3ccccc3)cc2c1. The van der Waals surface area contributed by atoms with Crippen LogP contribution in [0.4, 0.5) is 0 Å². The zero-order valence-electron chi connectivity index (χ0n) is 13.6. The summed E-state index contributed by atoms with van der Waals surface area (Å²) >= 11 is 0. The Balaban J connectivity index is 1.89. The molecule has 4 aromatic rings. The molecule has 0 aromatic heterocycles. The third-order valence-corrected chi connectivity index (χ3v) is 4.37. The summed E-state index contributed by atoms with van der Waals surface area (Å²) in [5.74, 6) is 0.885. The van der Waals surface area contributed by atoms with Crippen LogP contribution in [-0.2, 0) is 0 Å². The van der Waals surface area contributed by atoms with Gasteiger partial charge in [0, 0.05) is 0 Å². The van der Waals surface area contributed by atoms with Crippen LogP contribution in [0.3, 0.4) is 0 Å². The molecule has 0 radical (unpaired) electrons. The van der Waals surface area contributed by atoms with Crippen molar-refractivity contribution in [2.24, 2.45) is 0 Å². The fraction of sp³-hybridized carbons (Fsp3) is 0.0435. The summed E-state index contributed by atoms with van der Waals surface area (Å²) in [5, 5.41) is 2.41. The molecule has 0 saturated carbocycles. The molecule has 0 saturated heterocycles. The highest BCUT2D eigenvalue weighted by molar-refractivity contribution is 5.91. The van der Waals surface area contributed by atoms with Crippen LogP contribution in [-0.4, -0.2) is 7.11 Å². The van der Waals surface area contributed by atoms with Crippen LogP contribution in [0.2, 0.25) is 0 Å². The van der Waals surface area contributed by atoms with E-state index < -0.39 is 0 Å². The van der Waals surface area contributed by atoms with E-state index in [1.54, 1.807) is 7.11 Å². The zero-order valence-corrected chi connectivity index (χ0v) is 13.6. The van der Waals surface area contributed by atoms with Gasteiger partial charge in [0.15, 0.2) is 0 Å². The van der Waals surface area contributed by atoms with Gasteiger partial charge in [0.25, 0.3) is 0 Å². The molecular formula is C23H18O. The fourth-order valence-corrected chi connectivity index (χ4v) is 3.12. The largest absolute Gasteiger partial charge is 0.497 e. The second-order valence-corrected chi connectivity index (χ2v) is 5.84. The van der Waals surface area contributed by atoms with Crippen molar-refractivity contribution in [2.75, 3.05) is 7.11 Å². The first-order valence-electron chi connectivity index (χ1n) is 8.08. The smallest absolute Gasteiger partial charge is 0.119 e. The van der Waals surface area contributed by atoms with E-state index in [4.69, 9.17) is 4.74 Å². The van der Waals surface area contributed by atoms with E-state index in [1.807, 2.05) is 6.07 Å². The number of hydrogen-bond donors (Lipinski definition) is 0. The number of ether oxygens (including phenoxy) is 1. The van der Waals surface area contributed by atoms with Gasteiger partial charge >= 0.3 is 0 Å². The van der Waals surface area contributed by atoms with Gasteiger partial charge in [0.1, 0.15) is 5.75 Å². The minimum absolute atomic E-state index is 0.885. The molecule has 0 aliphatic carbocycles. The maximum atomic E-state index is 5.36. The second-order valence-electron chi connectivity index (χ2n) is 5.84. The third kappa shape index (κ3) is 2.65. The van der Waals surface area contributed by atoms with Gasteiger partial charge in [0.2, 0.25) is 0 Å². The molecule has 1 nitrogen and oxygen atoms in total. The lowest BCUT2D eigenvalue weighted by Crippen LogP contribution is -1.86. The lowest BCUT2D eigenvalue weighted by atomic mass is 9.93. The van der Waals surface area contributed by atoms with E-state index in [0.29, 0.717) is 0 Å². The highest BCUT2D eigenvalue weighted by Crippen LogP contribution is 2.34. The Labute approximate surface area is 142 Å². The van der Waals surface area contributed by atoms with Gasteiger partial charge in [-0.1, -0.05) is 72.8 Å². The maximum Gasteiger partial charge on any atom is 0.119 e. The van der Waals surface area contributed by atoms with Crippen molar-refractivity contribution in [3.63, 3.8) is 0 Å². The zero-order chi connectivity index (χ0) is 16.4. The highest BCUT2D eigenvalue weighted by Gasteiger charge is 2.07. The van der Waals surface area contributed by atoms with Gasteiger partial charge in [-0.25, -0.2) is 0 Å². The molecule has 0 fully saturated rings. The Morgan fingerprint density at radius 1 is 0.542 bits per heavy atom. The Morgan fingerprint density at radius 2 is 1.21 bits per heavy atom. The van der Waals surface area contributed by atoms with E-state index in [1.165, 1.54) is 33.0 Å². The first-order valence-corrected chi connectivity index (χ1v) is 8.08. The summed E-state index contributed by atoms with van der Waals surface area (Å²) in [4.78, 5) is 0. The topological polar surface area (TPSA) is 9.23 Å². The number of methoxy groups -OCH3 is 1. The lowest BCUT2D eigenvalue weighted by molar-refractivity contribution is 0.415. The van der Waals surface area contributed by atoms with Gasteiger partial charge in [-0.05, 0) is 51.2 Å². The summed E-state index contributed by atoms with van der Waals surface area (Å²) in [5.41, 5.74) is 4.95. The Bertz CT molecular complexity index is 987. The average molecular weight is 310 g/mol. The van der Waals surface area contributed by atoms with Crippen molar-refractivity contribution in [3.8, 4) is 28.0 Å². The average Bonchev–Trinajstić information content (AvgIpc) is 2.68. The van der Waals surface area contributed by atoms with Crippen molar-refractivity contribution in [2.45, 2.75) is 0 Å². The van der Waals surface area contributed by atoms with Gasteiger partial charge < -0.3 is 4.74 Å². The molecule has 4 rings (SSSR count). The van der Waals surface area contributed by atoms with Crippen molar-refractivity contribution in [3.05, 3.63) is 91.0 Å². The first-order chi connectivity index (χ1) is 11.8. The number of fused-ring (bicyclic) bond motifs is 1. The van der Waals surface area contributed by atoms with Gasteiger partial charge in [-0.15, -0.1) is 0 Å². The van der Waals surface area contributed by atoms with E-state index in [9.17, 15) is 0 Å². The highest BCUT2D eigenvalue weighted by atomic mass is 16.5. The predicted octanol–water partition coefficient (Wildman–Crippen LogP) is 6.18. The molecule has 4 aromatic carbocycles. The number of rotatable bonds is 3. The number of hydrogen-bond acceptors (Lipinski definition) is 1. The summed E-state index contributed by atoms with van der Waals surface area (Å²) in [6.45, 7) is 0. The van der Waals surface area contributed by atoms with Gasteiger partial charge in [-0.3, -0.25) is 0 Å². The summed E-state index contributed by atoms with van der Waals surface area (Å²) in [7, 11) is 1.70. The predicted molar refractivity (Wildman–Crippen MR) is 101 cm³/mol. The quantitative estimate of drug-likeness (QED) is 0.439. The molecule has 24 heavy (non-hydrogen) atoms. The molecule has 0 unspecified atom stereocenters. The number of benzene rings is 4. The Morgan fingerprint density at radius 3 is 1.96 bits per heavy atom. The molecule has 1 heteroatoms. The molecule has 0 spiro atoms. The van der Waals surface area contributed by atoms with Crippen LogP contribution in [0.1, 0.15) is 0 Å². The Kier molecular flexibility index (Phi) is 3.76. The maximum absolute atomic E-state index is 5.36. The minimum Gasteiger partial charge on any atom is -0.497 e. The molecule has 0 N–H and O–H groups in total. The molecule has 0 bridgehead atoms. The molecule has 0 atom stereocenters. The van der Waals surface area contributed by atoms with E-state index in [-0.39, 0.29) is 0 Å². The van der Waals surface area contributed by atoms with Crippen LogP contribution in [0.5, 0.6) is 5.75 Å². The fourth-order valence-electron chi connectivity index (χ4n) is 3.12. The minimum atomic E-state index is 0.885. The van der Waals surface area contributed by atoms with Crippen molar-refractivity contribution < 1.29 is 4.74 Å². The van der Waals surface area contributed by atoms with Crippen LogP contribution < -0.4 is 4.74 Å². The summed E-state index contributed by atoms with van der Waals surface area (Å²) < 4.78 is 5.36. The van der Waals surface area contributed by atoms with Gasteiger partial charge in [0.05, 0.1) is 7.11 Å². The van der Waals surface area contributed by atoms with E-state index >= 15 is 0 Å².